The number of ether oxygens (including phenoxy) is 1. The van der Waals surface area contributed by atoms with E-state index in [0.29, 0.717) is 6.61 Å². The Labute approximate surface area is 120 Å². The number of nitrogens with two attached hydrogens (primary N) is 1. The molecule has 0 aliphatic rings. The number of hydrogen-bond donors (Lipinski definition) is 2. The van der Waals surface area contributed by atoms with Crippen LogP contribution >= 0.6 is 0 Å². The van der Waals surface area contributed by atoms with Crippen LogP contribution in [0.4, 0.5) is 0 Å². The van der Waals surface area contributed by atoms with Crippen LogP contribution in [0.25, 0.3) is 0 Å². The molecule has 2 rings (SSSR count). The summed E-state index contributed by atoms with van der Waals surface area (Å²) in [5.41, 5.74) is 6.41. The Morgan fingerprint density at radius 2 is 1.75 bits per heavy atom. The van der Waals surface area contributed by atoms with Crippen molar-refractivity contribution in [3.63, 3.8) is 0 Å². The SMILES string of the molecule is CCOc1ccccc1C(NN)c1ccc(CC)cc1. The third-order valence-electron chi connectivity index (χ3n) is 3.42. The molecule has 20 heavy (non-hydrogen) atoms. The number of aryl methyl sites for hydroxylation is 1. The molecule has 0 aliphatic carbocycles. The molecule has 0 bridgehead atoms. The van der Waals surface area contributed by atoms with Gasteiger partial charge in [-0.2, -0.15) is 0 Å². The Kier molecular flexibility index (Phi) is 5.16. The lowest BCUT2D eigenvalue weighted by Gasteiger charge is -2.20. The Morgan fingerprint density at radius 3 is 2.35 bits per heavy atom. The Hall–Kier alpha value is -1.84. The third-order valence-corrected chi connectivity index (χ3v) is 3.42. The van der Waals surface area contributed by atoms with Crippen LogP contribution in [-0.4, -0.2) is 6.61 Å². The van der Waals surface area contributed by atoms with Gasteiger partial charge < -0.3 is 4.74 Å². The molecule has 3 nitrogen and oxygen atoms in total. The minimum atomic E-state index is -0.0661. The topological polar surface area (TPSA) is 47.3 Å². The molecule has 0 heterocycles. The third kappa shape index (κ3) is 3.18. The molecule has 2 aromatic carbocycles. The molecule has 0 saturated heterocycles. The standard InChI is InChI=1S/C17H22N2O/c1-3-13-9-11-14(12-10-13)17(19-18)15-7-5-6-8-16(15)20-4-2/h5-12,17,19H,3-4,18H2,1-2H3. The minimum Gasteiger partial charge on any atom is -0.494 e. The average Bonchev–Trinajstić information content (AvgIpc) is 2.51. The van der Waals surface area contributed by atoms with E-state index in [1.807, 2.05) is 31.2 Å². The van der Waals surface area contributed by atoms with E-state index in [0.717, 1.165) is 23.3 Å². The van der Waals surface area contributed by atoms with Crippen LogP contribution in [0.1, 0.15) is 36.6 Å². The fourth-order valence-corrected chi connectivity index (χ4v) is 2.32. The van der Waals surface area contributed by atoms with E-state index >= 15 is 0 Å². The van der Waals surface area contributed by atoms with Gasteiger partial charge in [0.25, 0.3) is 0 Å². The first-order valence-corrected chi connectivity index (χ1v) is 7.06. The molecule has 106 valence electrons. The van der Waals surface area contributed by atoms with E-state index in [9.17, 15) is 0 Å². The molecule has 0 fully saturated rings. The predicted octanol–water partition coefficient (Wildman–Crippen LogP) is 3.20. The summed E-state index contributed by atoms with van der Waals surface area (Å²) >= 11 is 0. The second-order valence-corrected chi connectivity index (χ2v) is 4.67. The van der Waals surface area contributed by atoms with Crippen molar-refractivity contribution in [1.82, 2.24) is 5.43 Å². The van der Waals surface area contributed by atoms with Gasteiger partial charge in [-0.05, 0) is 30.5 Å². The lowest BCUT2D eigenvalue weighted by atomic mass is 9.97. The molecule has 1 unspecified atom stereocenters. The predicted molar refractivity (Wildman–Crippen MR) is 82.6 cm³/mol. The Bertz CT molecular complexity index is 537. The van der Waals surface area contributed by atoms with Crippen molar-refractivity contribution in [2.24, 2.45) is 5.84 Å². The lowest BCUT2D eigenvalue weighted by molar-refractivity contribution is 0.333. The van der Waals surface area contributed by atoms with Gasteiger partial charge >= 0.3 is 0 Å². The molecule has 0 radical (unpaired) electrons. The first kappa shape index (κ1) is 14.6. The van der Waals surface area contributed by atoms with Gasteiger partial charge in [-0.1, -0.05) is 49.4 Å². The number of hydrogen-bond acceptors (Lipinski definition) is 3. The summed E-state index contributed by atoms with van der Waals surface area (Å²) in [6, 6.07) is 16.4. The fraction of sp³-hybridized carbons (Fsp3) is 0.294. The van der Waals surface area contributed by atoms with Crippen LogP contribution in [0.5, 0.6) is 5.75 Å². The highest BCUT2D eigenvalue weighted by atomic mass is 16.5. The molecular weight excluding hydrogens is 248 g/mol. The van der Waals surface area contributed by atoms with Crippen LogP contribution in [0.2, 0.25) is 0 Å². The molecule has 2 aromatic rings. The van der Waals surface area contributed by atoms with Crippen molar-refractivity contribution < 1.29 is 4.74 Å². The summed E-state index contributed by atoms with van der Waals surface area (Å²) in [6.45, 7) is 4.78. The van der Waals surface area contributed by atoms with Crippen LogP contribution in [0.3, 0.4) is 0 Å². The molecule has 0 spiro atoms. The molecule has 3 N–H and O–H groups in total. The van der Waals surface area contributed by atoms with Crippen molar-refractivity contribution in [3.05, 3.63) is 65.2 Å². The van der Waals surface area contributed by atoms with Gasteiger partial charge in [-0.25, -0.2) is 5.43 Å². The van der Waals surface area contributed by atoms with Gasteiger partial charge in [0.1, 0.15) is 5.75 Å². The van der Waals surface area contributed by atoms with Gasteiger partial charge in [-0.3, -0.25) is 5.84 Å². The summed E-state index contributed by atoms with van der Waals surface area (Å²) in [6.07, 6.45) is 1.04. The van der Waals surface area contributed by atoms with Crippen LogP contribution < -0.4 is 16.0 Å². The van der Waals surface area contributed by atoms with Crippen molar-refractivity contribution >= 4 is 0 Å². The molecule has 0 amide bonds. The number of hydrazine groups is 1. The summed E-state index contributed by atoms with van der Waals surface area (Å²) in [5.74, 6) is 6.64. The zero-order valence-corrected chi connectivity index (χ0v) is 12.1. The van der Waals surface area contributed by atoms with E-state index in [1.165, 1.54) is 5.56 Å². The van der Waals surface area contributed by atoms with Crippen LogP contribution in [0.15, 0.2) is 48.5 Å². The first-order chi connectivity index (χ1) is 9.80. The van der Waals surface area contributed by atoms with E-state index in [1.54, 1.807) is 0 Å². The van der Waals surface area contributed by atoms with Crippen molar-refractivity contribution in [2.75, 3.05) is 6.61 Å². The van der Waals surface area contributed by atoms with Gasteiger partial charge in [0.15, 0.2) is 0 Å². The summed E-state index contributed by atoms with van der Waals surface area (Å²) in [4.78, 5) is 0. The molecule has 0 aromatic heterocycles. The van der Waals surface area contributed by atoms with Crippen molar-refractivity contribution in [3.8, 4) is 5.75 Å². The highest BCUT2D eigenvalue weighted by Gasteiger charge is 2.16. The quantitative estimate of drug-likeness (QED) is 0.626. The summed E-state index contributed by atoms with van der Waals surface area (Å²) < 4.78 is 5.69. The highest BCUT2D eigenvalue weighted by Crippen LogP contribution is 2.29. The van der Waals surface area contributed by atoms with E-state index < -0.39 is 0 Å². The highest BCUT2D eigenvalue weighted by molar-refractivity contribution is 5.42. The van der Waals surface area contributed by atoms with Crippen LogP contribution in [-0.2, 0) is 6.42 Å². The van der Waals surface area contributed by atoms with Gasteiger partial charge in [0, 0.05) is 5.56 Å². The van der Waals surface area contributed by atoms with E-state index in [4.69, 9.17) is 10.6 Å². The average molecular weight is 270 g/mol. The van der Waals surface area contributed by atoms with Crippen LogP contribution in [0, 0.1) is 0 Å². The van der Waals surface area contributed by atoms with Gasteiger partial charge in [0.2, 0.25) is 0 Å². The number of para-hydroxylation sites is 1. The summed E-state index contributed by atoms with van der Waals surface area (Å²) in [5, 5.41) is 0. The lowest BCUT2D eigenvalue weighted by Crippen LogP contribution is -2.29. The number of benzene rings is 2. The van der Waals surface area contributed by atoms with Crippen molar-refractivity contribution in [2.45, 2.75) is 26.3 Å². The van der Waals surface area contributed by atoms with Gasteiger partial charge in [-0.15, -0.1) is 0 Å². The minimum absolute atomic E-state index is 0.0661. The second kappa shape index (κ2) is 7.08. The Balaban J connectivity index is 2.35. The normalized spacial score (nSPS) is 12.2. The molecule has 0 saturated carbocycles. The fourth-order valence-electron chi connectivity index (χ4n) is 2.32. The smallest absolute Gasteiger partial charge is 0.124 e. The van der Waals surface area contributed by atoms with Gasteiger partial charge in [0.05, 0.1) is 12.6 Å². The maximum absolute atomic E-state index is 5.77. The zero-order chi connectivity index (χ0) is 14.4. The number of rotatable bonds is 6. The maximum atomic E-state index is 5.77. The zero-order valence-electron chi connectivity index (χ0n) is 12.1. The maximum Gasteiger partial charge on any atom is 0.124 e. The van der Waals surface area contributed by atoms with Crippen molar-refractivity contribution in [1.29, 1.82) is 0 Å². The van der Waals surface area contributed by atoms with E-state index in [2.05, 4.69) is 36.6 Å². The molecule has 3 heteroatoms. The largest absolute Gasteiger partial charge is 0.494 e. The Morgan fingerprint density at radius 1 is 1.05 bits per heavy atom. The molecule has 0 aliphatic heterocycles. The molecule has 1 atom stereocenters. The summed E-state index contributed by atoms with van der Waals surface area (Å²) in [7, 11) is 0. The second-order valence-electron chi connectivity index (χ2n) is 4.67. The number of nitrogens with one attached hydrogen (secondary N) is 1. The van der Waals surface area contributed by atoms with E-state index in [-0.39, 0.29) is 6.04 Å². The monoisotopic (exact) mass is 270 g/mol. The molecular formula is C17H22N2O. The first-order valence-electron chi connectivity index (χ1n) is 7.06.